The van der Waals surface area contributed by atoms with E-state index in [-0.39, 0.29) is 24.8 Å². The van der Waals surface area contributed by atoms with Crippen LogP contribution in [0.25, 0.3) is 0 Å². The van der Waals surface area contributed by atoms with E-state index in [2.05, 4.69) is 4.98 Å². The molecular weight excluding hydrogens is 190 g/mol. The quantitative estimate of drug-likeness (QED) is 0.767. The number of aliphatic hydroxyl groups excluding tert-OH is 1. The topological polar surface area (TPSA) is 53.4 Å². The maximum Gasteiger partial charge on any atom is 0.140 e. The van der Waals surface area contributed by atoms with Crippen LogP contribution in [0.5, 0.6) is 5.75 Å². The summed E-state index contributed by atoms with van der Waals surface area (Å²) < 4.78 is 0. The third-order valence-corrected chi connectivity index (χ3v) is 1.95. The first-order chi connectivity index (χ1) is 5.70. The number of pyridine rings is 1. The predicted octanol–water partition coefficient (Wildman–Crippen LogP) is 1.57. The lowest BCUT2D eigenvalue weighted by molar-refractivity contribution is 0.279. The van der Waals surface area contributed by atoms with Gasteiger partial charge in [-0.3, -0.25) is 4.98 Å². The van der Waals surface area contributed by atoms with E-state index < -0.39 is 0 Å². The van der Waals surface area contributed by atoms with Gasteiger partial charge in [-0.1, -0.05) is 6.92 Å². The Kier molecular flexibility index (Phi) is 4.73. The molecule has 0 amide bonds. The molecule has 0 saturated heterocycles. The molecule has 1 heterocycles. The SMILES string of the molecule is CCc1c(CO)cnc(C)c1O.Cl. The molecule has 74 valence electrons. The van der Waals surface area contributed by atoms with Gasteiger partial charge in [0.2, 0.25) is 0 Å². The minimum Gasteiger partial charge on any atom is -0.506 e. The standard InChI is InChI=1S/C9H13NO2.ClH/c1-3-8-7(5-11)4-10-6(2)9(8)12;/h4,11-12H,3,5H2,1-2H3;1H. The zero-order valence-electron chi connectivity index (χ0n) is 7.74. The van der Waals surface area contributed by atoms with Gasteiger partial charge in [0.05, 0.1) is 12.3 Å². The lowest BCUT2D eigenvalue weighted by Gasteiger charge is -2.08. The summed E-state index contributed by atoms with van der Waals surface area (Å²) >= 11 is 0. The Labute approximate surface area is 83.9 Å². The number of halogens is 1. The molecular formula is C9H14ClNO2. The van der Waals surface area contributed by atoms with Crippen molar-refractivity contribution >= 4 is 12.4 Å². The van der Waals surface area contributed by atoms with Gasteiger partial charge >= 0.3 is 0 Å². The van der Waals surface area contributed by atoms with Gasteiger partial charge in [0.1, 0.15) is 5.75 Å². The fourth-order valence-corrected chi connectivity index (χ4v) is 1.22. The fourth-order valence-electron chi connectivity index (χ4n) is 1.22. The molecule has 13 heavy (non-hydrogen) atoms. The first-order valence-electron chi connectivity index (χ1n) is 3.97. The first kappa shape index (κ1) is 12.2. The van der Waals surface area contributed by atoms with Crippen molar-refractivity contribution in [3.63, 3.8) is 0 Å². The molecule has 0 aliphatic carbocycles. The second kappa shape index (κ2) is 5.04. The van der Waals surface area contributed by atoms with Crippen molar-refractivity contribution in [1.29, 1.82) is 0 Å². The Morgan fingerprint density at radius 1 is 1.46 bits per heavy atom. The summed E-state index contributed by atoms with van der Waals surface area (Å²) in [7, 11) is 0. The van der Waals surface area contributed by atoms with E-state index in [1.165, 1.54) is 0 Å². The largest absolute Gasteiger partial charge is 0.506 e. The van der Waals surface area contributed by atoms with Crippen LogP contribution in [0, 0.1) is 6.92 Å². The third-order valence-electron chi connectivity index (χ3n) is 1.95. The molecule has 0 fully saturated rings. The van der Waals surface area contributed by atoms with E-state index in [1.807, 2.05) is 6.92 Å². The summed E-state index contributed by atoms with van der Waals surface area (Å²) in [5.41, 5.74) is 2.12. The maximum absolute atomic E-state index is 9.54. The van der Waals surface area contributed by atoms with Crippen LogP contribution in [-0.2, 0) is 13.0 Å². The molecule has 2 N–H and O–H groups in total. The van der Waals surface area contributed by atoms with Crippen molar-refractivity contribution < 1.29 is 10.2 Å². The number of hydrogen-bond donors (Lipinski definition) is 2. The molecule has 4 heteroatoms. The minimum absolute atomic E-state index is 0. The molecule has 0 aromatic carbocycles. The number of hydrogen-bond acceptors (Lipinski definition) is 3. The second-order valence-electron chi connectivity index (χ2n) is 2.71. The Bertz CT molecular complexity index is 289. The highest BCUT2D eigenvalue weighted by Gasteiger charge is 2.08. The van der Waals surface area contributed by atoms with Crippen molar-refractivity contribution in [2.45, 2.75) is 26.9 Å². The van der Waals surface area contributed by atoms with Crippen LogP contribution in [0.4, 0.5) is 0 Å². The van der Waals surface area contributed by atoms with Crippen LogP contribution in [0.3, 0.4) is 0 Å². The summed E-state index contributed by atoms with van der Waals surface area (Å²) in [6.07, 6.45) is 2.32. The molecule has 1 rings (SSSR count). The number of aromatic hydroxyl groups is 1. The number of rotatable bonds is 2. The third kappa shape index (κ3) is 2.32. The van der Waals surface area contributed by atoms with Crippen LogP contribution in [0.2, 0.25) is 0 Å². The van der Waals surface area contributed by atoms with E-state index in [4.69, 9.17) is 5.11 Å². The molecule has 0 atom stereocenters. The summed E-state index contributed by atoms with van der Waals surface area (Å²) in [4.78, 5) is 3.95. The van der Waals surface area contributed by atoms with Gasteiger partial charge in [-0.15, -0.1) is 12.4 Å². The van der Waals surface area contributed by atoms with Crippen molar-refractivity contribution in [3.8, 4) is 5.75 Å². The number of nitrogens with zero attached hydrogens (tertiary/aromatic N) is 1. The lowest BCUT2D eigenvalue weighted by Crippen LogP contribution is -1.97. The molecule has 0 aliphatic heterocycles. The van der Waals surface area contributed by atoms with Crippen LogP contribution in [0.1, 0.15) is 23.7 Å². The van der Waals surface area contributed by atoms with Crippen molar-refractivity contribution in [3.05, 3.63) is 23.0 Å². The van der Waals surface area contributed by atoms with Gasteiger partial charge in [-0.25, -0.2) is 0 Å². The van der Waals surface area contributed by atoms with Crippen molar-refractivity contribution in [2.75, 3.05) is 0 Å². The van der Waals surface area contributed by atoms with Crippen molar-refractivity contribution in [2.24, 2.45) is 0 Å². The van der Waals surface area contributed by atoms with Crippen LogP contribution in [-0.4, -0.2) is 15.2 Å². The Balaban J connectivity index is 0.00000144. The van der Waals surface area contributed by atoms with E-state index in [0.29, 0.717) is 17.7 Å². The monoisotopic (exact) mass is 203 g/mol. The zero-order valence-corrected chi connectivity index (χ0v) is 8.56. The summed E-state index contributed by atoms with van der Waals surface area (Å²) in [5.74, 6) is 0.212. The zero-order chi connectivity index (χ0) is 9.14. The van der Waals surface area contributed by atoms with Gasteiger partial charge in [0.25, 0.3) is 0 Å². The van der Waals surface area contributed by atoms with Gasteiger partial charge in [0.15, 0.2) is 0 Å². The predicted molar refractivity (Wildman–Crippen MR) is 53.2 cm³/mol. The molecule has 0 bridgehead atoms. The maximum atomic E-state index is 9.54. The lowest BCUT2D eigenvalue weighted by atomic mass is 10.1. The smallest absolute Gasteiger partial charge is 0.140 e. The van der Waals surface area contributed by atoms with Crippen LogP contribution < -0.4 is 0 Å². The average molecular weight is 204 g/mol. The summed E-state index contributed by atoms with van der Waals surface area (Å²) in [6.45, 7) is 3.62. The van der Waals surface area contributed by atoms with Gasteiger partial charge in [-0.2, -0.15) is 0 Å². The van der Waals surface area contributed by atoms with Crippen LogP contribution >= 0.6 is 12.4 Å². The minimum atomic E-state index is -0.0655. The van der Waals surface area contributed by atoms with E-state index >= 15 is 0 Å². The number of aromatic nitrogens is 1. The molecule has 1 aromatic rings. The first-order valence-corrected chi connectivity index (χ1v) is 3.97. The van der Waals surface area contributed by atoms with E-state index in [1.54, 1.807) is 13.1 Å². The number of aryl methyl sites for hydroxylation is 1. The highest BCUT2D eigenvalue weighted by atomic mass is 35.5. The average Bonchev–Trinajstić information content (AvgIpc) is 2.09. The van der Waals surface area contributed by atoms with E-state index in [0.717, 1.165) is 5.56 Å². The highest BCUT2D eigenvalue weighted by Crippen LogP contribution is 2.23. The highest BCUT2D eigenvalue weighted by molar-refractivity contribution is 5.85. The Morgan fingerprint density at radius 3 is 2.54 bits per heavy atom. The molecule has 3 nitrogen and oxygen atoms in total. The molecule has 0 spiro atoms. The van der Waals surface area contributed by atoms with Crippen molar-refractivity contribution in [1.82, 2.24) is 4.98 Å². The van der Waals surface area contributed by atoms with Gasteiger partial charge in [-0.05, 0) is 13.3 Å². The molecule has 0 unspecified atom stereocenters. The van der Waals surface area contributed by atoms with E-state index in [9.17, 15) is 5.11 Å². The fraction of sp³-hybridized carbons (Fsp3) is 0.444. The molecule has 1 aromatic heterocycles. The summed E-state index contributed by atoms with van der Waals surface area (Å²) in [6, 6.07) is 0. The van der Waals surface area contributed by atoms with Crippen LogP contribution in [0.15, 0.2) is 6.20 Å². The number of aliphatic hydroxyl groups is 1. The molecule has 0 radical (unpaired) electrons. The normalized spacial score (nSPS) is 9.46. The summed E-state index contributed by atoms with van der Waals surface area (Å²) in [5, 5.41) is 18.4. The van der Waals surface area contributed by atoms with Gasteiger partial charge in [0, 0.05) is 17.3 Å². The van der Waals surface area contributed by atoms with Gasteiger partial charge < -0.3 is 10.2 Å². The molecule has 0 saturated carbocycles. The Hall–Kier alpha value is -0.800. The second-order valence-corrected chi connectivity index (χ2v) is 2.71. The Morgan fingerprint density at radius 2 is 2.08 bits per heavy atom. The molecule has 0 aliphatic rings.